The summed E-state index contributed by atoms with van der Waals surface area (Å²) in [7, 11) is -6.94. The van der Waals surface area contributed by atoms with Crippen molar-refractivity contribution in [1.82, 2.24) is 14.7 Å². The predicted octanol–water partition coefficient (Wildman–Crippen LogP) is 7.67. The van der Waals surface area contributed by atoms with Crippen molar-refractivity contribution in [3.8, 4) is 0 Å². The Morgan fingerprint density at radius 1 is 1.10 bits per heavy atom. The zero-order valence-corrected chi connectivity index (χ0v) is 33.3. The molecule has 1 aliphatic carbocycles. The summed E-state index contributed by atoms with van der Waals surface area (Å²) in [5.74, 6) is -0.257. The molecule has 3 heterocycles. The number of carboxylic acid groups (broad SMARTS) is 1. The van der Waals surface area contributed by atoms with Crippen molar-refractivity contribution < 1.29 is 36.5 Å². The second kappa shape index (κ2) is 16.0. The van der Waals surface area contributed by atoms with Crippen LogP contribution in [0.3, 0.4) is 0 Å². The highest BCUT2D eigenvalue weighted by atomic mass is 35.5. The number of nitrogens with zero attached hydrogens (tertiary/aromatic N) is 2. The number of thiophene rings is 1. The third kappa shape index (κ3) is 8.66. The third-order valence-electron chi connectivity index (χ3n) is 10.1. The molecular formula is C35H47ClN4O8S2Si. The second-order valence-corrected chi connectivity index (χ2v) is 22.7. The van der Waals surface area contributed by atoms with E-state index in [-0.39, 0.29) is 53.2 Å². The fourth-order valence-corrected chi connectivity index (χ4v) is 15.4. The Bertz CT molecular complexity index is 1830. The monoisotopic (exact) mass is 778 g/mol. The number of nitrogens with one attached hydrogen (secondary N) is 2. The number of aromatic nitrogens is 2. The van der Waals surface area contributed by atoms with Gasteiger partial charge in [-0.15, -0.1) is 11.3 Å². The summed E-state index contributed by atoms with van der Waals surface area (Å²) in [6.07, 6.45) is 2.17. The SMILES string of the molecule is Cc1sc(C(=O)c2cncnc2N[C@@H]2C[C@H](COS(=O)(=O)NC(=O)O)[C@H](O[Si](C(C)C)(C(C)C)C(C)C)C2)cc1[C@@H]1OCCc2ccc(Cl)cc21. The number of carbonyl (C=O) groups is 2. The molecule has 5 rings (SSSR count). The van der Waals surface area contributed by atoms with Crippen LogP contribution in [0.25, 0.3) is 0 Å². The molecule has 0 saturated heterocycles. The summed E-state index contributed by atoms with van der Waals surface area (Å²) in [6, 6.07) is 7.46. The van der Waals surface area contributed by atoms with Gasteiger partial charge in [0.1, 0.15) is 18.2 Å². The van der Waals surface area contributed by atoms with Crippen LogP contribution < -0.4 is 10.0 Å². The Morgan fingerprint density at radius 3 is 2.47 bits per heavy atom. The molecular weight excluding hydrogens is 732 g/mol. The van der Waals surface area contributed by atoms with Crippen LogP contribution in [0.5, 0.6) is 0 Å². The number of hydrogen-bond acceptors (Lipinski definition) is 11. The number of fused-ring (bicyclic) bond motifs is 1. The summed E-state index contributed by atoms with van der Waals surface area (Å²) in [6.45, 7) is 15.3. The van der Waals surface area contributed by atoms with E-state index in [0.29, 0.717) is 40.7 Å². The topological polar surface area (TPSA) is 166 Å². The van der Waals surface area contributed by atoms with Crippen molar-refractivity contribution >= 4 is 59.3 Å². The van der Waals surface area contributed by atoms with Crippen LogP contribution in [0.2, 0.25) is 21.6 Å². The van der Waals surface area contributed by atoms with Gasteiger partial charge in [-0.3, -0.25) is 8.98 Å². The lowest BCUT2D eigenvalue weighted by atomic mass is 9.93. The molecule has 16 heteroatoms. The molecule has 51 heavy (non-hydrogen) atoms. The summed E-state index contributed by atoms with van der Waals surface area (Å²) >= 11 is 7.73. The largest absolute Gasteiger partial charge is 0.464 e. The zero-order valence-electron chi connectivity index (χ0n) is 29.9. The van der Waals surface area contributed by atoms with E-state index in [2.05, 4.69) is 56.8 Å². The lowest BCUT2D eigenvalue weighted by Crippen LogP contribution is -2.51. The number of ketones is 1. The summed E-state index contributed by atoms with van der Waals surface area (Å²) in [5, 5.41) is 13.0. The first-order valence-corrected chi connectivity index (χ1v) is 22.0. The number of carbonyl (C=O) groups excluding carboxylic acids is 1. The molecule has 0 bridgehead atoms. The van der Waals surface area contributed by atoms with Gasteiger partial charge in [0.25, 0.3) is 0 Å². The average Bonchev–Trinajstić information content (AvgIpc) is 3.63. The molecule has 2 aliphatic rings. The Hall–Kier alpha value is -2.92. The van der Waals surface area contributed by atoms with Crippen LogP contribution in [-0.4, -0.2) is 69.0 Å². The van der Waals surface area contributed by atoms with E-state index in [1.165, 1.54) is 34.1 Å². The predicted molar refractivity (Wildman–Crippen MR) is 200 cm³/mol. The van der Waals surface area contributed by atoms with Gasteiger partial charge in [0.05, 0.1) is 29.8 Å². The molecule has 12 nitrogen and oxygen atoms in total. The van der Waals surface area contributed by atoms with E-state index >= 15 is 0 Å². The molecule has 0 unspecified atom stereocenters. The van der Waals surface area contributed by atoms with Gasteiger partial charge in [0.2, 0.25) is 14.1 Å². The van der Waals surface area contributed by atoms with Crippen molar-refractivity contribution in [3.63, 3.8) is 0 Å². The summed E-state index contributed by atoms with van der Waals surface area (Å²) in [4.78, 5) is 35.3. The van der Waals surface area contributed by atoms with Crippen LogP contribution in [0, 0.1) is 12.8 Å². The standard InChI is InChI=1S/C35H47ClN4O8S2Si/c1-19(2)51(20(3)4,21(5)6)48-30-14-26(12-24(30)17-47-50(44,45)40-35(42)43)39-34-29(16-37-18-38-34)32(41)31-15-27(22(7)49-31)33-28-13-25(36)9-8-23(28)10-11-46-33/h8-9,13,15-16,18-21,24,26,30,33,40H,10-12,14,17H2,1-7H3,(H,42,43)(H,37,38,39)/t24-,26-,30-,33+/m1/s1. The Morgan fingerprint density at radius 2 is 1.80 bits per heavy atom. The maximum Gasteiger partial charge on any atom is 0.420 e. The minimum atomic E-state index is -4.53. The molecule has 1 amide bonds. The number of aryl methyl sites for hydroxylation is 1. The van der Waals surface area contributed by atoms with Crippen molar-refractivity contribution in [2.24, 2.45) is 5.92 Å². The first-order valence-electron chi connectivity index (χ1n) is 17.2. The molecule has 4 atom stereocenters. The van der Waals surface area contributed by atoms with Gasteiger partial charge in [0.15, 0.2) is 0 Å². The van der Waals surface area contributed by atoms with Crippen LogP contribution in [0.1, 0.15) is 97.3 Å². The number of rotatable bonds is 14. The molecule has 1 aliphatic heterocycles. The molecule has 3 N–H and O–H groups in total. The highest BCUT2D eigenvalue weighted by Gasteiger charge is 2.49. The molecule has 1 fully saturated rings. The van der Waals surface area contributed by atoms with Gasteiger partial charge in [0, 0.05) is 28.1 Å². The third-order valence-corrected chi connectivity index (χ3v) is 18.4. The number of benzene rings is 1. The highest BCUT2D eigenvalue weighted by molar-refractivity contribution is 7.85. The molecule has 0 radical (unpaired) electrons. The van der Waals surface area contributed by atoms with E-state index in [0.717, 1.165) is 22.4 Å². The smallest absolute Gasteiger partial charge is 0.420 e. The van der Waals surface area contributed by atoms with E-state index in [1.54, 1.807) is 0 Å². The Kier molecular flexibility index (Phi) is 12.3. The molecule has 1 saturated carbocycles. The zero-order chi connectivity index (χ0) is 37.2. The maximum absolute atomic E-state index is 14.1. The van der Waals surface area contributed by atoms with Crippen LogP contribution in [0.15, 0.2) is 36.8 Å². The normalized spacial score (nSPS) is 20.9. The lowest BCUT2D eigenvalue weighted by molar-refractivity contribution is 0.0697. The fourth-order valence-electron chi connectivity index (χ4n) is 7.98. The van der Waals surface area contributed by atoms with E-state index in [1.807, 2.05) is 31.2 Å². The maximum atomic E-state index is 14.1. The van der Waals surface area contributed by atoms with Crippen LogP contribution in [-0.2, 0) is 30.1 Å². The molecule has 2 aromatic heterocycles. The van der Waals surface area contributed by atoms with Gasteiger partial charge in [-0.25, -0.2) is 14.8 Å². The first-order chi connectivity index (χ1) is 24.0. The highest BCUT2D eigenvalue weighted by Crippen LogP contribution is 2.46. The average molecular weight is 779 g/mol. The number of hydrogen-bond donors (Lipinski definition) is 3. The van der Waals surface area contributed by atoms with Crippen LogP contribution in [0.4, 0.5) is 10.6 Å². The van der Waals surface area contributed by atoms with Gasteiger partial charge in [-0.2, -0.15) is 13.1 Å². The minimum absolute atomic E-state index is 0.234. The number of anilines is 1. The van der Waals surface area contributed by atoms with Gasteiger partial charge in [-0.1, -0.05) is 59.2 Å². The van der Waals surface area contributed by atoms with Gasteiger partial charge >= 0.3 is 16.4 Å². The summed E-state index contributed by atoms with van der Waals surface area (Å²) < 4.78 is 44.6. The number of halogens is 1. The fraction of sp³-hybridized carbons (Fsp3) is 0.543. The van der Waals surface area contributed by atoms with Crippen molar-refractivity contribution in [1.29, 1.82) is 0 Å². The van der Waals surface area contributed by atoms with E-state index < -0.39 is 24.7 Å². The van der Waals surface area contributed by atoms with E-state index in [9.17, 15) is 18.0 Å². The van der Waals surface area contributed by atoms with Gasteiger partial charge < -0.3 is 19.6 Å². The number of amides is 1. The Labute approximate surface area is 310 Å². The Balaban J connectivity index is 1.40. The van der Waals surface area contributed by atoms with Gasteiger partial charge in [-0.05, 0) is 77.7 Å². The summed E-state index contributed by atoms with van der Waals surface area (Å²) in [5.41, 5.74) is 4.22. The van der Waals surface area contributed by atoms with Crippen molar-refractivity contribution in [2.75, 3.05) is 18.5 Å². The number of ether oxygens (including phenoxy) is 1. The lowest BCUT2D eigenvalue weighted by Gasteiger charge is -2.45. The molecule has 1 aromatic carbocycles. The second-order valence-electron chi connectivity index (χ2n) is 14.3. The molecule has 278 valence electrons. The first kappa shape index (κ1) is 39.3. The quantitative estimate of drug-likeness (QED) is 0.109. The minimum Gasteiger partial charge on any atom is -0.464 e. The van der Waals surface area contributed by atoms with Crippen molar-refractivity contribution in [3.05, 3.63) is 73.8 Å². The van der Waals surface area contributed by atoms with E-state index in [4.69, 9.17) is 30.1 Å². The van der Waals surface area contributed by atoms with Crippen LogP contribution >= 0.6 is 22.9 Å². The molecule has 0 spiro atoms. The molecule has 3 aromatic rings. The van der Waals surface area contributed by atoms with Crippen molar-refractivity contribution in [2.45, 2.75) is 103 Å².